The summed E-state index contributed by atoms with van der Waals surface area (Å²) in [6, 6.07) is 10.4. The summed E-state index contributed by atoms with van der Waals surface area (Å²) in [5.41, 5.74) is 6.72. The van der Waals surface area contributed by atoms with Gasteiger partial charge in [-0.05, 0) is 11.6 Å². The molecule has 0 saturated carbocycles. The molecule has 70 valence electrons. The first-order valence-corrected chi connectivity index (χ1v) is 4.24. The molecule has 2 aromatic rings. The maximum Gasteiger partial charge on any atom is 0.136 e. The summed E-state index contributed by atoms with van der Waals surface area (Å²) >= 11 is 0. The van der Waals surface area contributed by atoms with Gasteiger partial charge in [0, 0.05) is 6.20 Å². The highest BCUT2D eigenvalue weighted by atomic mass is 19.1. The molecule has 0 atom stereocenters. The van der Waals surface area contributed by atoms with Gasteiger partial charge in [-0.25, -0.2) is 9.37 Å². The molecule has 0 radical (unpaired) electrons. The van der Waals surface area contributed by atoms with Crippen LogP contribution < -0.4 is 5.73 Å². The summed E-state index contributed by atoms with van der Waals surface area (Å²) in [6.45, 7) is 0. The molecule has 1 aromatic carbocycles. The van der Waals surface area contributed by atoms with Crippen LogP contribution in [0.3, 0.4) is 0 Å². The van der Waals surface area contributed by atoms with Crippen molar-refractivity contribution in [2.24, 2.45) is 0 Å². The molecule has 0 fully saturated rings. The first-order chi connectivity index (χ1) is 6.79. The van der Waals surface area contributed by atoms with Crippen molar-refractivity contribution in [1.29, 1.82) is 0 Å². The molecule has 0 aliphatic heterocycles. The van der Waals surface area contributed by atoms with E-state index in [9.17, 15) is 4.39 Å². The Kier molecular flexibility index (Phi) is 2.14. The third-order valence-corrected chi connectivity index (χ3v) is 1.99. The van der Waals surface area contributed by atoms with Gasteiger partial charge < -0.3 is 5.73 Å². The van der Waals surface area contributed by atoms with Gasteiger partial charge in [0.25, 0.3) is 0 Å². The van der Waals surface area contributed by atoms with Gasteiger partial charge >= 0.3 is 0 Å². The van der Waals surface area contributed by atoms with Gasteiger partial charge in [-0.3, -0.25) is 0 Å². The molecule has 0 bridgehead atoms. The van der Waals surface area contributed by atoms with Gasteiger partial charge in [0.15, 0.2) is 0 Å². The molecule has 0 aliphatic carbocycles. The SMILES string of the molecule is Nc1nccc(F)c1-c1ccccc1. The van der Waals surface area contributed by atoms with E-state index in [-0.39, 0.29) is 11.6 Å². The zero-order valence-electron chi connectivity index (χ0n) is 7.44. The second kappa shape index (κ2) is 3.46. The molecule has 1 heterocycles. The van der Waals surface area contributed by atoms with Crippen LogP contribution in [0.15, 0.2) is 42.6 Å². The number of pyridine rings is 1. The highest BCUT2D eigenvalue weighted by Crippen LogP contribution is 2.26. The maximum absolute atomic E-state index is 13.4. The molecule has 2 rings (SSSR count). The van der Waals surface area contributed by atoms with E-state index >= 15 is 0 Å². The zero-order chi connectivity index (χ0) is 9.97. The van der Waals surface area contributed by atoms with E-state index in [1.54, 1.807) is 12.1 Å². The number of benzene rings is 1. The van der Waals surface area contributed by atoms with E-state index in [1.165, 1.54) is 12.3 Å². The molecule has 0 amide bonds. The second-order valence-electron chi connectivity index (χ2n) is 2.92. The minimum Gasteiger partial charge on any atom is -0.383 e. The summed E-state index contributed by atoms with van der Waals surface area (Å²) in [7, 11) is 0. The highest BCUT2D eigenvalue weighted by molar-refractivity contribution is 5.73. The fraction of sp³-hybridized carbons (Fsp3) is 0. The Morgan fingerprint density at radius 2 is 1.79 bits per heavy atom. The van der Waals surface area contributed by atoms with Crippen molar-refractivity contribution < 1.29 is 4.39 Å². The quantitative estimate of drug-likeness (QED) is 0.746. The number of hydrogen-bond acceptors (Lipinski definition) is 2. The van der Waals surface area contributed by atoms with Crippen LogP contribution in [-0.4, -0.2) is 4.98 Å². The number of nitrogens with two attached hydrogens (primary N) is 1. The normalized spacial score (nSPS) is 10.1. The summed E-state index contributed by atoms with van der Waals surface area (Å²) in [5, 5.41) is 0. The van der Waals surface area contributed by atoms with Gasteiger partial charge in [0.05, 0.1) is 5.56 Å². The number of halogens is 1. The molecule has 1 aromatic heterocycles. The Balaban J connectivity index is 2.63. The van der Waals surface area contributed by atoms with E-state index < -0.39 is 0 Å². The van der Waals surface area contributed by atoms with Gasteiger partial charge in [0.1, 0.15) is 11.6 Å². The number of anilines is 1. The molecular formula is C11H9FN2. The topological polar surface area (TPSA) is 38.9 Å². The monoisotopic (exact) mass is 188 g/mol. The lowest BCUT2D eigenvalue weighted by Crippen LogP contribution is -1.96. The third-order valence-electron chi connectivity index (χ3n) is 1.99. The third kappa shape index (κ3) is 1.44. The van der Waals surface area contributed by atoms with Crippen molar-refractivity contribution in [3.8, 4) is 11.1 Å². The van der Waals surface area contributed by atoms with E-state index in [0.29, 0.717) is 5.56 Å². The average molecular weight is 188 g/mol. The summed E-state index contributed by atoms with van der Waals surface area (Å²) in [5.74, 6) is -0.125. The van der Waals surface area contributed by atoms with Gasteiger partial charge in [-0.15, -0.1) is 0 Å². The molecule has 2 N–H and O–H groups in total. The van der Waals surface area contributed by atoms with Crippen LogP contribution in [0.2, 0.25) is 0 Å². The Hall–Kier alpha value is -1.90. The van der Waals surface area contributed by atoms with Crippen molar-refractivity contribution in [3.05, 3.63) is 48.4 Å². The van der Waals surface area contributed by atoms with Crippen LogP contribution in [0, 0.1) is 5.82 Å². The Morgan fingerprint density at radius 1 is 1.07 bits per heavy atom. The summed E-state index contributed by atoms with van der Waals surface area (Å²) < 4.78 is 13.4. The number of rotatable bonds is 1. The molecule has 0 spiro atoms. The zero-order valence-corrected chi connectivity index (χ0v) is 7.44. The predicted molar refractivity (Wildman–Crippen MR) is 54.0 cm³/mol. The van der Waals surface area contributed by atoms with Crippen LogP contribution in [0.1, 0.15) is 0 Å². The molecule has 0 unspecified atom stereocenters. The van der Waals surface area contributed by atoms with Gasteiger partial charge in [0.2, 0.25) is 0 Å². The number of aromatic nitrogens is 1. The van der Waals surface area contributed by atoms with Crippen molar-refractivity contribution in [1.82, 2.24) is 4.98 Å². The standard InChI is InChI=1S/C11H9FN2/c12-9-6-7-14-11(13)10(9)8-4-2-1-3-5-8/h1-7H,(H2,13,14). The molecule has 0 saturated heterocycles. The largest absolute Gasteiger partial charge is 0.383 e. The van der Waals surface area contributed by atoms with Crippen molar-refractivity contribution >= 4 is 5.82 Å². The fourth-order valence-electron chi connectivity index (χ4n) is 1.34. The summed E-state index contributed by atoms with van der Waals surface area (Å²) in [4.78, 5) is 3.85. The molecular weight excluding hydrogens is 179 g/mol. The molecule has 3 heteroatoms. The summed E-state index contributed by atoms with van der Waals surface area (Å²) in [6.07, 6.45) is 1.36. The minimum absolute atomic E-state index is 0.219. The lowest BCUT2D eigenvalue weighted by atomic mass is 10.1. The van der Waals surface area contributed by atoms with E-state index in [1.807, 2.05) is 18.2 Å². The van der Waals surface area contributed by atoms with Crippen LogP contribution in [0.25, 0.3) is 11.1 Å². The van der Waals surface area contributed by atoms with E-state index in [2.05, 4.69) is 4.98 Å². The average Bonchev–Trinajstić information content (AvgIpc) is 2.19. The Labute approximate surface area is 81.2 Å². The van der Waals surface area contributed by atoms with Crippen molar-refractivity contribution in [3.63, 3.8) is 0 Å². The van der Waals surface area contributed by atoms with Gasteiger partial charge in [-0.2, -0.15) is 0 Å². The maximum atomic E-state index is 13.4. The molecule has 2 nitrogen and oxygen atoms in total. The first kappa shape index (κ1) is 8.69. The van der Waals surface area contributed by atoms with E-state index in [4.69, 9.17) is 5.73 Å². The number of nitrogen functional groups attached to an aromatic ring is 1. The minimum atomic E-state index is -0.344. The van der Waals surface area contributed by atoms with Crippen LogP contribution in [-0.2, 0) is 0 Å². The second-order valence-corrected chi connectivity index (χ2v) is 2.92. The van der Waals surface area contributed by atoms with Crippen LogP contribution >= 0.6 is 0 Å². The predicted octanol–water partition coefficient (Wildman–Crippen LogP) is 2.47. The Bertz CT molecular complexity index is 420. The Morgan fingerprint density at radius 3 is 2.43 bits per heavy atom. The van der Waals surface area contributed by atoms with Crippen molar-refractivity contribution in [2.75, 3.05) is 5.73 Å². The number of hydrogen-bond donors (Lipinski definition) is 1. The fourth-order valence-corrected chi connectivity index (χ4v) is 1.34. The lowest BCUT2D eigenvalue weighted by Gasteiger charge is -2.05. The van der Waals surface area contributed by atoms with Crippen LogP contribution in [0.4, 0.5) is 10.2 Å². The van der Waals surface area contributed by atoms with Gasteiger partial charge in [-0.1, -0.05) is 30.3 Å². The smallest absolute Gasteiger partial charge is 0.136 e. The molecule has 14 heavy (non-hydrogen) atoms. The van der Waals surface area contributed by atoms with E-state index in [0.717, 1.165) is 5.56 Å². The lowest BCUT2D eigenvalue weighted by molar-refractivity contribution is 0.630. The highest BCUT2D eigenvalue weighted by Gasteiger charge is 2.08. The van der Waals surface area contributed by atoms with Crippen LogP contribution in [0.5, 0.6) is 0 Å². The molecule has 0 aliphatic rings. The van der Waals surface area contributed by atoms with Crippen molar-refractivity contribution in [2.45, 2.75) is 0 Å². The first-order valence-electron chi connectivity index (χ1n) is 4.24. The number of nitrogens with zero attached hydrogens (tertiary/aromatic N) is 1.